The highest BCUT2D eigenvalue weighted by atomic mass is 16.7. The van der Waals surface area contributed by atoms with E-state index in [0.717, 1.165) is 51.6 Å². The summed E-state index contributed by atoms with van der Waals surface area (Å²) in [7, 11) is 0. The van der Waals surface area contributed by atoms with Crippen molar-refractivity contribution in [1.82, 2.24) is 9.80 Å². The van der Waals surface area contributed by atoms with Crippen molar-refractivity contribution in [3.63, 3.8) is 0 Å². The van der Waals surface area contributed by atoms with Crippen molar-refractivity contribution in [1.29, 1.82) is 0 Å². The molecule has 0 N–H and O–H groups in total. The first-order valence-electron chi connectivity index (χ1n) is 10.1. The van der Waals surface area contributed by atoms with Gasteiger partial charge in [0.05, 0.1) is 19.8 Å². The number of nitrogens with zero attached hydrogens (tertiary/aromatic N) is 2. The van der Waals surface area contributed by atoms with Gasteiger partial charge >= 0.3 is 0 Å². The summed E-state index contributed by atoms with van der Waals surface area (Å²) in [6, 6.07) is 0.530. The van der Waals surface area contributed by atoms with Crippen molar-refractivity contribution < 1.29 is 14.3 Å². The summed E-state index contributed by atoms with van der Waals surface area (Å²) >= 11 is 0. The van der Waals surface area contributed by atoms with Crippen LogP contribution < -0.4 is 0 Å². The molecule has 5 heteroatoms. The van der Waals surface area contributed by atoms with Crippen molar-refractivity contribution in [2.75, 3.05) is 39.4 Å². The summed E-state index contributed by atoms with van der Waals surface area (Å²) in [5.74, 6) is 1.56. The van der Waals surface area contributed by atoms with Crippen LogP contribution in [0.3, 0.4) is 0 Å². The van der Waals surface area contributed by atoms with Gasteiger partial charge in [-0.1, -0.05) is 12.8 Å². The molecule has 0 aromatic rings. The molecule has 0 aromatic carbocycles. The molecule has 3 unspecified atom stereocenters. The highest BCUT2D eigenvalue weighted by Gasteiger charge is 2.37. The molecule has 3 heterocycles. The van der Waals surface area contributed by atoms with Gasteiger partial charge in [0.1, 0.15) is 0 Å². The molecule has 4 aliphatic rings. The van der Waals surface area contributed by atoms with Crippen LogP contribution in [0.25, 0.3) is 0 Å². The fraction of sp³-hybridized carbons (Fsp3) is 0.947. The molecule has 0 radical (unpaired) electrons. The van der Waals surface area contributed by atoms with E-state index in [1.165, 1.54) is 38.5 Å². The summed E-state index contributed by atoms with van der Waals surface area (Å²) in [4.78, 5) is 17.5. The topological polar surface area (TPSA) is 42.0 Å². The second-order valence-corrected chi connectivity index (χ2v) is 8.09. The minimum Gasteiger partial charge on any atom is -0.350 e. The number of carbonyl (C=O) groups excluding carboxylic acids is 1. The standard InChI is InChI=1S/C19H32N2O3/c22-18(21-10-4-6-15-5-1-2-8-17(15)21)14-20-9-3-7-16(13-20)19-23-11-12-24-19/h15-17,19H,1-14H2. The fourth-order valence-electron chi connectivity index (χ4n) is 5.32. The first kappa shape index (κ1) is 16.8. The Balaban J connectivity index is 1.33. The van der Waals surface area contributed by atoms with E-state index in [4.69, 9.17) is 9.47 Å². The summed E-state index contributed by atoms with van der Waals surface area (Å²) in [6.07, 6.45) is 10.00. The SMILES string of the molecule is O=C(CN1CCCC(C2OCCO2)C1)N1CCCC2CCCCC21. The number of fused-ring (bicyclic) bond motifs is 1. The Hall–Kier alpha value is -0.650. The van der Waals surface area contributed by atoms with Gasteiger partial charge in [-0.05, 0) is 51.0 Å². The monoisotopic (exact) mass is 336 g/mol. The molecule has 4 rings (SSSR count). The molecular formula is C19H32N2O3. The van der Waals surface area contributed by atoms with Gasteiger partial charge < -0.3 is 14.4 Å². The van der Waals surface area contributed by atoms with Crippen molar-refractivity contribution in [3.05, 3.63) is 0 Å². The highest BCUT2D eigenvalue weighted by Crippen LogP contribution is 2.35. The van der Waals surface area contributed by atoms with Gasteiger partial charge in [0.25, 0.3) is 0 Å². The van der Waals surface area contributed by atoms with Crippen LogP contribution in [-0.2, 0) is 14.3 Å². The molecule has 5 nitrogen and oxygen atoms in total. The van der Waals surface area contributed by atoms with Gasteiger partial charge in [0.2, 0.25) is 5.91 Å². The Kier molecular flexibility index (Phi) is 5.40. The van der Waals surface area contributed by atoms with Gasteiger partial charge in [-0.2, -0.15) is 0 Å². The van der Waals surface area contributed by atoms with E-state index in [-0.39, 0.29) is 6.29 Å². The van der Waals surface area contributed by atoms with Gasteiger partial charge in [0, 0.05) is 25.0 Å². The summed E-state index contributed by atoms with van der Waals surface area (Å²) in [5, 5.41) is 0. The number of likely N-dealkylation sites (tertiary alicyclic amines) is 2. The maximum atomic E-state index is 13.0. The van der Waals surface area contributed by atoms with Crippen molar-refractivity contribution >= 4 is 5.91 Å². The lowest BCUT2D eigenvalue weighted by molar-refractivity contribution is -0.141. The van der Waals surface area contributed by atoms with Crippen LogP contribution in [0.15, 0.2) is 0 Å². The molecule has 0 spiro atoms. The Morgan fingerprint density at radius 3 is 2.46 bits per heavy atom. The van der Waals surface area contributed by atoms with E-state index in [9.17, 15) is 4.79 Å². The Bertz CT molecular complexity index is 436. The minimum absolute atomic E-state index is 0.0411. The number of carbonyl (C=O) groups is 1. The van der Waals surface area contributed by atoms with Crippen molar-refractivity contribution in [3.8, 4) is 0 Å². The molecule has 0 aromatic heterocycles. The zero-order valence-electron chi connectivity index (χ0n) is 14.8. The lowest BCUT2D eigenvalue weighted by atomic mass is 9.78. The summed E-state index contributed by atoms with van der Waals surface area (Å²) in [5.41, 5.74) is 0. The van der Waals surface area contributed by atoms with Crippen LogP contribution in [0.2, 0.25) is 0 Å². The molecule has 24 heavy (non-hydrogen) atoms. The van der Waals surface area contributed by atoms with Crippen LogP contribution in [0.4, 0.5) is 0 Å². The zero-order chi connectivity index (χ0) is 16.4. The Morgan fingerprint density at radius 2 is 1.58 bits per heavy atom. The average Bonchev–Trinajstić information content (AvgIpc) is 3.16. The Labute approximate surface area is 145 Å². The smallest absolute Gasteiger partial charge is 0.237 e. The van der Waals surface area contributed by atoms with E-state index in [2.05, 4.69) is 9.80 Å². The van der Waals surface area contributed by atoms with Gasteiger partial charge in [0.15, 0.2) is 6.29 Å². The number of rotatable bonds is 3. The molecule has 1 amide bonds. The van der Waals surface area contributed by atoms with Crippen LogP contribution >= 0.6 is 0 Å². The largest absolute Gasteiger partial charge is 0.350 e. The first-order valence-corrected chi connectivity index (χ1v) is 10.1. The van der Waals surface area contributed by atoms with E-state index in [0.29, 0.717) is 24.4 Å². The van der Waals surface area contributed by atoms with Crippen molar-refractivity contribution in [2.45, 2.75) is 63.7 Å². The zero-order valence-corrected chi connectivity index (χ0v) is 14.8. The molecule has 3 atom stereocenters. The number of piperidine rings is 2. The second kappa shape index (κ2) is 7.71. The third kappa shape index (κ3) is 3.63. The van der Waals surface area contributed by atoms with Crippen LogP contribution in [0.1, 0.15) is 51.4 Å². The van der Waals surface area contributed by atoms with E-state index in [1.807, 2.05) is 0 Å². The predicted molar refractivity (Wildman–Crippen MR) is 91.5 cm³/mol. The Morgan fingerprint density at radius 1 is 0.875 bits per heavy atom. The average molecular weight is 336 g/mol. The quantitative estimate of drug-likeness (QED) is 0.793. The van der Waals surface area contributed by atoms with Crippen LogP contribution in [-0.4, -0.2) is 67.4 Å². The molecule has 136 valence electrons. The molecule has 1 saturated carbocycles. The van der Waals surface area contributed by atoms with Crippen LogP contribution in [0.5, 0.6) is 0 Å². The van der Waals surface area contributed by atoms with Crippen LogP contribution in [0, 0.1) is 11.8 Å². The fourth-order valence-corrected chi connectivity index (χ4v) is 5.32. The molecular weight excluding hydrogens is 304 g/mol. The van der Waals surface area contributed by atoms with Crippen molar-refractivity contribution in [2.24, 2.45) is 11.8 Å². The summed E-state index contributed by atoms with van der Waals surface area (Å²) in [6.45, 7) is 4.99. The van der Waals surface area contributed by atoms with Gasteiger partial charge in [-0.3, -0.25) is 9.69 Å². The third-order valence-electron chi connectivity index (χ3n) is 6.50. The molecule has 4 fully saturated rings. The molecule has 3 saturated heterocycles. The highest BCUT2D eigenvalue weighted by molar-refractivity contribution is 5.78. The molecule has 1 aliphatic carbocycles. The molecule has 3 aliphatic heterocycles. The molecule has 0 bridgehead atoms. The number of ether oxygens (including phenoxy) is 2. The van der Waals surface area contributed by atoms with Gasteiger partial charge in [-0.15, -0.1) is 0 Å². The number of amides is 1. The lowest BCUT2D eigenvalue weighted by Crippen LogP contribution is -2.53. The van der Waals surface area contributed by atoms with Gasteiger partial charge in [-0.25, -0.2) is 0 Å². The maximum Gasteiger partial charge on any atom is 0.237 e. The normalized spacial score (nSPS) is 35.8. The lowest BCUT2D eigenvalue weighted by Gasteiger charge is -2.45. The predicted octanol–water partition coefficient (Wildman–Crippen LogP) is 2.25. The minimum atomic E-state index is -0.0411. The second-order valence-electron chi connectivity index (χ2n) is 8.09. The van der Waals surface area contributed by atoms with E-state index < -0.39 is 0 Å². The summed E-state index contributed by atoms with van der Waals surface area (Å²) < 4.78 is 11.4. The number of hydrogen-bond acceptors (Lipinski definition) is 4. The van der Waals surface area contributed by atoms with E-state index in [1.54, 1.807) is 0 Å². The number of hydrogen-bond donors (Lipinski definition) is 0. The van der Waals surface area contributed by atoms with E-state index >= 15 is 0 Å². The third-order valence-corrected chi connectivity index (χ3v) is 6.50. The maximum absolute atomic E-state index is 13.0. The first-order chi connectivity index (χ1) is 11.8.